The summed E-state index contributed by atoms with van der Waals surface area (Å²) in [4.78, 5) is 24.0. The molecule has 0 spiro atoms. The van der Waals surface area contributed by atoms with Gasteiger partial charge in [0.05, 0.1) is 27.4 Å². The topological polar surface area (TPSA) is 88.0 Å². The molecule has 0 aliphatic heterocycles. The lowest BCUT2D eigenvalue weighted by Crippen LogP contribution is -2.13. The number of benzene rings is 1. The van der Waals surface area contributed by atoms with E-state index in [4.69, 9.17) is 11.6 Å². The number of carbonyl (C=O) groups is 1. The van der Waals surface area contributed by atoms with Gasteiger partial charge in [-0.25, -0.2) is 0 Å². The van der Waals surface area contributed by atoms with Gasteiger partial charge in [0, 0.05) is 6.07 Å². The van der Waals surface area contributed by atoms with Gasteiger partial charge in [-0.1, -0.05) is 11.6 Å². The number of nitrogens with zero attached hydrogens (tertiary/aromatic N) is 1. The van der Waals surface area contributed by atoms with Crippen molar-refractivity contribution in [2.45, 2.75) is 6.18 Å². The van der Waals surface area contributed by atoms with Crippen LogP contribution >= 0.6 is 11.6 Å². The third kappa shape index (κ3) is 3.37. The molecule has 0 bridgehead atoms. The van der Waals surface area contributed by atoms with Crippen LogP contribution in [0.25, 0.3) is 0 Å². The van der Waals surface area contributed by atoms with Crippen LogP contribution in [0.5, 0.6) is 0 Å². The molecule has 0 aliphatic rings. The number of alkyl halides is 3. The van der Waals surface area contributed by atoms with E-state index in [9.17, 15) is 28.1 Å². The van der Waals surface area contributed by atoms with Gasteiger partial charge >= 0.3 is 6.18 Å². The minimum atomic E-state index is -4.55. The smallest absolute Gasteiger partial charge is 0.351 e. The van der Waals surface area contributed by atoms with Gasteiger partial charge in [0.25, 0.3) is 11.6 Å². The quantitative estimate of drug-likeness (QED) is 0.660. The zero-order valence-corrected chi connectivity index (χ0v) is 11.3. The van der Waals surface area contributed by atoms with Crippen LogP contribution < -0.4 is 5.32 Å². The highest BCUT2D eigenvalue weighted by atomic mass is 35.5. The lowest BCUT2D eigenvalue weighted by atomic mass is 10.2. The third-order valence-corrected chi connectivity index (χ3v) is 2.98. The van der Waals surface area contributed by atoms with Crippen LogP contribution in [-0.4, -0.2) is 15.8 Å². The van der Waals surface area contributed by atoms with Gasteiger partial charge in [-0.05, 0) is 18.2 Å². The number of H-pyrrole nitrogens is 1. The van der Waals surface area contributed by atoms with Gasteiger partial charge < -0.3 is 10.3 Å². The molecule has 1 aromatic carbocycles. The van der Waals surface area contributed by atoms with E-state index in [1.54, 1.807) is 0 Å². The summed E-state index contributed by atoms with van der Waals surface area (Å²) >= 11 is 5.69. The Kier molecular flexibility index (Phi) is 4.09. The normalized spacial score (nSPS) is 11.3. The fourth-order valence-corrected chi connectivity index (χ4v) is 1.83. The molecular weight excluding hydrogens is 327 g/mol. The highest BCUT2D eigenvalue weighted by molar-refractivity contribution is 6.34. The average molecular weight is 334 g/mol. The second kappa shape index (κ2) is 5.68. The molecule has 0 saturated carbocycles. The molecule has 2 N–H and O–H groups in total. The molecule has 0 atom stereocenters. The number of carbonyl (C=O) groups excluding carboxylic acids is 1. The predicted molar refractivity (Wildman–Crippen MR) is 71.9 cm³/mol. The van der Waals surface area contributed by atoms with Gasteiger partial charge in [0.15, 0.2) is 0 Å². The molecule has 0 fully saturated rings. The maximum atomic E-state index is 12.5. The van der Waals surface area contributed by atoms with E-state index in [1.807, 2.05) is 0 Å². The van der Waals surface area contributed by atoms with Gasteiger partial charge in [0.2, 0.25) is 0 Å². The average Bonchev–Trinajstić information content (AvgIpc) is 2.89. The van der Waals surface area contributed by atoms with Crippen LogP contribution in [-0.2, 0) is 6.18 Å². The first-order valence-electron chi connectivity index (χ1n) is 5.69. The van der Waals surface area contributed by atoms with Crippen molar-refractivity contribution in [3.63, 3.8) is 0 Å². The van der Waals surface area contributed by atoms with Crippen LogP contribution in [0.2, 0.25) is 5.02 Å². The lowest BCUT2D eigenvalue weighted by Gasteiger charge is -2.10. The highest BCUT2D eigenvalue weighted by Gasteiger charge is 2.31. The summed E-state index contributed by atoms with van der Waals surface area (Å²) in [5.41, 5.74) is -1.44. The monoisotopic (exact) mass is 333 g/mol. The van der Waals surface area contributed by atoms with Crippen LogP contribution in [0.15, 0.2) is 30.5 Å². The van der Waals surface area contributed by atoms with Crippen molar-refractivity contribution in [3.05, 3.63) is 56.9 Å². The number of hydrogen-bond donors (Lipinski definition) is 2. The number of nitrogens with one attached hydrogen (secondary N) is 2. The second-order valence-corrected chi connectivity index (χ2v) is 4.58. The van der Waals surface area contributed by atoms with E-state index in [-0.39, 0.29) is 22.1 Å². The Morgan fingerprint density at radius 3 is 2.50 bits per heavy atom. The Labute approximate surface area is 126 Å². The van der Waals surface area contributed by atoms with Gasteiger partial charge in [-0.2, -0.15) is 13.2 Å². The Morgan fingerprint density at radius 1 is 1.32 bits per heavy atom. The van der Waals surface area contributed by atoms with Gasteiger partial charge in [0.1, 0.15) is 5.69 Å². The molecule has 22 heavy (non-hydrogen) atoms. The Bertz CT molecular complexity index is 743. The Morgan fingerprint density at radius 2 is 2.00 bits per heavy atom. The molecule has 1 amide bonds. The second-order valence-electron chi connectivity index (χ2n) is 4.18. The van der Waals surface area contributed by atoms with Crippen molar-refractivity contribution in [2.24, 2.45) is 0 Å². The zero-order valence-electron chi connectivity index (χ0n) is 10.6. The Hall–Kier alpha value is -2.55. The summed E-state index contributed by atoms with van der Waals surface area (Å²) in [7, 11) is 0. The lowest BCUT2D eigenvalue weighted by molar-refractivity contribution is -0.384. The fraction of sp³-hybridized carbons (Fsp3) is 0.0833. The van der Waals surface area contributed by atoms with Gasteiger partial charge in [-0.15, -0.1) is 0 Å². The number of anilines is 1. The van der Waals surface area contributed by atoms with E-state index < -0.39 is 22.6 Å². The first-order valence-corrected chi connectivity index (χ1v) is 6.07. The summed E-state index contributed by atoms with van der Waals surface area (Å²) < 4.78 is 37.5. The molecule has 1 heterocycles. The van der Waals surface area contributed by atoms with Crippen molar-refractivity contribution < 1.29 is 22.9 Å². The molecule has 0 saturated heterocycles. The summed E-state index contributed by atoms with van der Waals surface area (Å²) in [5, 5.41) is 12.5. The van der Waals surface area contributed by atoms with E-state index in [0.29, 0.717) is 6.07 Å². The standard InChI is InChI=1S/C12H7ClF3N3O3/c13-8-3-6(12(14,15)16)1-2-9(8)18-11(20)10-4-7(5-17-10)19(21)22/h1-5,17H,(H,18,20). The van der Waals surface area contributed by atoms with Crippen molar-refractivity contribution in [1.29, 1.82) is 0 Å². The van der Waals surface area contributed by atoms with E-state index in [0.717, 1.165) is 24.4 Å². The number of amides is 1. The first kappa shape index (κ1) is 15.8. The number of halogens is 4. The summed E-state index contributed by atoms with van der Waals surface area (Å²) in [5.74, 6) is -0.769. The van der Waals surface area contributed by atoms with Crippen molar-refractivity contribution in [2.75, 3.05) is 5.32 Å². The summed E-state index contributed by atoms with van der Waals surface area (Å²) in [6.45, 7) is 0. The fourth-order valence-electron chi connectivity index (χ4n) is 1.60. The number of nitro groups is 1. The molecule has 1 aromatic heterocycles. The molecule has 0 radical (unpaired) electrons. The Balaban J connectivity index is 2.19. The summed E-state index contributed by atoms with van der Waals surface area (Å²) in [6.07, 6.45) is -3.53. The number of aromatic nitrogens is 1. The molecule has 116 valence electrons. The van der Waals surface area contributed by atoms with E-state index in [1.165, 1.54) is 0 Å². The van der Waals surface area contributed by atoms with Crippen LogP contribution in [0.1, 0.15) is 16.1 Å². The molecule has 2 rings (SSSR count). The SMILES string of the molecule is O=C(Nc1ccc(C(F)(F)F)cc1Cl)c1cc([N+](=O)[O-])c[nH]1. The van der Waals surface area contributed by atoms with E-state index in [2.05, 4.69) is 10.3 Å². The number of hydrogen-bond acceptors (Lipinski definition) is 3. The summed E-state index contributed by atoms with van der Waals surface area (Å²) in [6, 6.07) is 3.43. The highest BCUT2D eigenvalue weighted by Crippen LogP contribution is 2.33. The first-order chi connectivity index (χ1) is 10.2. The van der Waals surface area contributed by atoms with Crippen molar-refractivity contribution in [1.82, 2.24) is 4.98 Å². The maximum Gasteiger partial charge on any atom is 0.416 e. The minimum absolute atomic E-state index is 0.0445. The number of rotatable bonds is 3. The van der Waals surface area contributed by atoms with Crippen molar-refractivity contribution in [3.8, 4) is 0 Å². The van der Waals surface area contributed by atoms with E-state index >= 15 is 0 Å². The molecule has 0 unspecified atom stereocenters. The van der Waals surface area contributed by atoms with Crippen LogP contribution in [0, 0.1) is 10.1 Å². The van der Waals surface area contributed by atoms with Crippen molar-refractivity contribution >= 4 is 28.9 Å². The van der Waals surface area contributed by atoms with Crippen LogP contribution in [0.3, 0.4) is 0 Å². The molecule has 0 aliphatic carbocycles. The number of aromatic amines is 1. The molecular formula is C12H7ClF3N3O3. The largest absolute Gasteiger partial charge is 0.416 e. The minimum Gasteiger partial charge on any atom is -0.351 e. The zero-order chi connectivity index (χ0) is 16.5. The molecule has 10 heteroatoms. The maximum absolute atomic E-state index is 12.5. The third-order valence-electron chi connectivity index (χ3n) is 2.67. The molecule has 2 aromatic rings. The van der Waals surface area contributed by atoms with Gasteiger partial charge in [-0.3, -0.25) is 14.9 Å². The van der Waals surface area contributed by atoms with Crippen LogP contribution in [0.4, 0.5) is 24.5 Å². The predicted octanol–water partition coefficient (Wildman–Crippen LogP) is 3.85. The molecule has 6 nitrogen and oxygen atoms in total.